The minimum atomic E-state index is 0.0877. The van der Waals surface area contributed by atoms with Gasteiger partial charge in [-0.3, -0.25) is 0 Å². The molecule has 0 aliphatic carbocycles. The molecule has 0 radical (unpaired) electrons. The van der Waals surface area contributed by atoms with Crippen LogP contribution in [0.5, 0.6) is 0 Å². The summed E-state index contributed by atoms with van der Waals surface area (Å²) >= 11 is 0. The summed E-state index contributed by atoms with van der Waals surface area (Å²) in [6.45, 7) is 63.5. The van der Waals surface area contributed by atoms with Gasteiger partial charge in [0.25, 0.3) is 0 Å². The highest BCUT2D eigenvalue weighted by Crippen LogP contribution is 2.46. The number of hydrogen-bond donors (Lipinski definition) is 0. The maximum atomic E-state index is 2.41. The maximum Gasteiger partial charge on any atom is -0.00761 e. The Morgan fingerprint density at radius 3 is 0.937 bits per heavy atom. The number of fused-ring (bicyclic) bond motifs is 5. The van der Waals surface area contributed by atoms with E-state index < -0.39 is 0 Å². The molecule has 0 heteroatoms. The number of aryl methyl sites for hydroxylation is 8. The quantitative estimate of drug-likeness (QED) is 0.101. The molecule has 16 aromatic rings. The first-order chi connectivity index (χ1) is 59.4. The van der Waals surface area contributed by atoms with Crippen LogP contribution in [-0.4, -0.2) is 0 Å². The van der Waals surface area contributed by atoms with Crippen LogP contribution in [0.1, 0.15) is 248 Å². The van der Waals surface area contributed by atoms with Gasteiger partial charge in [0.05, 0.1) is 0 Å². The monoisotopic (exact) mass is 1660 g/mol. The molecule has 0 nitrogen and oxygen atoms in total. The first-order valence-corrected chi connectivity index (χ1v) is 46.7. The second kappa shape index (κ2) is 37.4. The topological polar surface area (TPSA) is 0 Å². The Morgan fingerprint density at radius 1 is 0.230 bits per heavy atom. The molecule has 0 spiro atoms. The molecule has 0 amide bonds. The summed E-state index contributed by atoms with van der Waals surface area (Å²) < 4.78 is 0. The number of benzene rings is 16. The largest absolute Gasteiger partial charge is 0.0654 e. The zero-order valence-electron chi connectivity index (χ0n) is 81.7. The fourth-order valence-corrected chi connectivity index (χ4v) is 18.4. The van der Waals surface area contributed by atoms with Crippen LogP contribution in [0.25, 0.3) is 132 Å². The molecule has 16 aromatic carbocycles. The Hall–Kier alpha value is -11.2. The molecule has 0 bridgehead atoms. The fraction of sp³-hybridized carbons (Fsp3) is 0.317. The van der Waals surface area contributed by atoms with Crippen LogP contribution in [0, 0.1) is 61.3 Å². The summed E-state index contributed by atoms with van der Waals surface area (Å²) in [5, 5.41) is 13.6. The van der Waals surface area contributed by atoms with Gasteiger partial charge >= 0.3 is 0 Å². The van der Waals surface area contributed by atoms with Gasteiger partial charge in [-0.25, -0.2) is 0 Å². The van der Waals surface area contributed by atoms with E-state index in [1.807, 2.05) is 0 Å². The number of hydrogen-bond acceptors (Lipinski definition) is 0. The molecule has 0 N–H and O–H groups in total. The average molecular weight is 1660 g/mol. The lowest BCUT2D eigenvalue weighted by atomic mass is 9.82. The van der Waals surface area contributed by atoms with Gasteiger partial charge in [0, 0.05) is 0 Å². The normalized spacial score (nSPS) is 12.4. The summed E-state index contributed by atoms with van der Waals surface area (Å²) in [6, 6.07) is 108. The Balaban J connectivity index is 0.000000176. The van der Waals surface area contributed by atoms with Crippen LogP contribution in [0.4, 0.5) is 0 Å². The van der Waals surface area contributed by atoms with E-state index in [-0.39, 0.29) is 32.5 Å². The Morgan fingerprint density at radius 2 is 0.556 bits per heavy atom. The molecule has 1 unspecified atom stereocenters. The average Bonchev–Trinajstić information content (AvgIpc) is 0.743. The van der Waals surface area contributed by atoms with Crippen molar-refractivity contribution in [1.29, 1.82) is 0 Å². The second-order valence-corrected chi connectivity index (χ2v) is 43.0. The molecule has 0 aliphatic rings. The van der Waals surface area contributed by atoms with Gasteiger partial charge in [-0.1, -0.05) is 430 Å². The highest BCUT2D eigenvalue weighted by Gasteiger charge is 2.24. The third-order valence-corrected chi connectivity index (χ3v) is 26.4. The van der Waals surface area contributed by atoms with E-state index in [9.17, 15) is 0 Å². The minimum absolute atomic E-state index is 0.0877. The zero-order valence-corrected chi connectivity index (χ0v) is 81.7. The summed E-state index contributed by atoms with van der Waals surface area (Å²) in [6.07, 6.45) is 6.57. The first-order valence-electron chi connectivity index (χ1n) is 46.7. The van der Waals surface area contributed by atoms with Crippen molar-refractivity contribution in [3.63, 3.8) is 0 Å². The van der Waals surface area contributed by atoms with Gasteiger partial charge in [0.1, 0.15) is 0 Å². The molecule has 0 saturated heterocycles. The Bertz CT molecular complexity index is 6130. The molecule has 126 heavy (non-hydrogen) atoms. The molecule has 0 heterocycles. The van der Waals surface area contributed by atoms with E-state index in [2.05, 4.69) is 479 Å². The molecule has 0 fully saturated rings. The van der Waals surface area contributed by atoms with Crippen molar-refractivity contribution < 1.29 is 0 Å². The molecular formula is C126H142. The SMILES string of the molecule is CCCCC(CC)Cc1cc(C)cc2ccc(C)cc12.Cc1c2ccc(C(C)(C)C)cc2c(C)c2ccc(C(C)(C)C)cc12.Cc1cc(-c2cc(-c3ccc(C(C)(C)C)cc3)cc(-c3ccc(C(C)(C)C)cc3)c2)c2cc(C)cc(-c3cc(-c4ccc(C(C)(C)C)cc4)cc(-c4ccc(C(C)(C)C)cc4)c3)c2c1.Cc1ccc2c(-c3ccccc3)c(C)ccc2c1. The van der Waals surface area contributed by atoms with Gasteiger partial charge in [-0.15, -0.1) is 0 Å². The van der Waals surface area contributed by atoms with Crippen molar-refractivity contribution in [3.05, 3.63) is 369 Å². The third kappa shape index (κ3) is 21.6. The van der Waals surface area contributed by atoms with Crippen LogP contribution < -0.4 is 0 Å². The summed E-state index contributed by atoms with van der Waals surface area (Å²) in [4.78, 5) is 0. The van der Waals surface area contributed by atoms with E-state index in [0.29, 0.717) is 0 Å². The summed E-state index contributed by atoms with van der Waals surface area (Å²) in [7, 11) is 0. The highest BCUT2D eigenvalue weighted by molar-refractivity contribution is 6.08. The first kappa shape index (κ1) is 92.5. The van der Waals surface area contributed by atoms with E-state index in [1.165, 1.54) is 242 Å². The van der Waals surface area contributed by atoms with E-state index in [4.69, 9.17) is 0 Å². The van der Waals surface area contributed by atoms with Crippen LogP contribution in [0.3, 0.4) is 0 Å². The van der Waals surface area contributed by atoms with Crippen molar-refractivity contribution in [2.45, 2.75) is 258 Å². The van der Waals surface area contributed by atoms with Crippen LogP contribution in [0.15, 0.2) is 285 Å². The smallest absolute Gasteiger partial charge is 0.00761 e. The Kier molecular flexibility index (Phi) is 27.5. The lowest BCUT2D eigenvalue weighted by molar-refractivity contribution is 0.450. The molecule has 16 rings (SSSR count). The highest BCUT2D eigenvalue weighted by atomic mass is 14.3. The van der Waals surface area contributed by atoms with Gasteiger partial charge in [-0.05, 0) is 335 Å². The van der Waals surface area contributed by atoms with Gasteiger partial charge in [0.2, 0.25) is 0 Å². The van der Waals surface area contributed by atoms with Gasteiger partial charge in [-0.2, -0.15) is 0 Å². The summed E-state index contributed by atoms with van der Waals surface area (Å²) in [5.74, 6) is 0.834. The van der Waals surface area contributed by atoms with Crippen molar-refractivity contribution in [3.8, 4) is 77.9 Å². The van der Waals surface area contributed by atoms with E-state index in [1.54, 1.807) is 5.56 Å². The maximum absolute atomic E-state index is 2.41. The standard InChI is InChI=1S/C64H68.C24H30.C20H28.C18H16/c1-41-31-57(51-37-47(43-15-23-53(24-16-43)61(3,4)5)35-48(38-51)44-17-25-54(26-18-44)62(6,7)8)60-34-42(2)32-58(59(60)33-41)52-39-49(45-19-27-55(28-20-45)63(9,10)11)36-50(40-52)46-21-29-56(30-22-46)64(12,13)14;1-15-19-11-9-18(24(6,7)8)14-22(19)16(2)20-12-10-17(13-21(15)20)23(3,4)5;1-5-7-8-17(6-2)14-19-12-16(4)11-18-10-9-15(3)13-20(18)19;1-13-8-11-17-16(12-13)10-9-14(2)18(17)15-6-4-3-5-7-15/h15-40H,1-14H3;9-14H,1-8H3;9-13,17H,5-8,14H2,1-4H3;3-12H,1-2H3. The second-order valence-electron chi connectivity index (χ2n) is 43.0. The van der Waals surface area contributed by atoms with Crippen molar-refractivity contribution in [2.75, 3.05) is 0 Å². The van der Waals surface area contributed by atoms with E-state index in [0.717, 1.165) is 5.92 Å². The molecule has 0 saturated carbocycles. The van der Waals surface area contributed by atoms with Gasteiger partial charge < -0.3 is 0 Å². The number of rotatable bonds is 13. The molecule has 0 aromatic heterocycles. The van der Waals surface area contributed by atoms with E-state index >= 15 is 0 Å². The predicted molar refractivity (Wildman–Crippen MR) is 558 cm³/mol. The van der Waals surface area contributed by atoms with Crippen molar-refractivity contribution in [2.24, 2.45) is 5.92 Å². The molecule has 0 aliphatic heterocycles. The van der Waals surface area contributed by atoms with Crippen LogP contribution >= 0.6 is 0 Å². The Labute approximate surface area is 759 Å². The predicted octanol–water partition coefficient (Wildman–Crippen LogP) is 37.2. The minimum Gasteiger partial charge on any atom is -0.0654 e. The molecular weight excluding hydrogens is 1510 g/mol. The van der Waals surface area contributed by atoms with Crippen LogP contribution in [-0.2, 0) is 38.9 Å². The zero-order chi connectivity index (χ0) is 90.9. The third-order valence-electron chi connectivity index (χ3n) is 26.4. The molecule has 1 atom stereocenters. The molecule has 646 valence electrons. The van der Waals surface area contributed by atoms with Crippen LogP contribution in [0.2, 0.25) is 0 Å². The fourth-order valence-electron chi connectivity index (χ4n) is 18.4. The van der Waals surface area contributed by atoms with Crippen molar-refractivity contribution >= 4 is 53.9 Å². The van der Waals surface area contributed by atoms with Gasteiger partial charge in [0.15, 0.2) is 0 Å². The number of unbranched alkanes of at least 4 members (excludes halogenated alkanes) is 1. The van der Waals surface area contributed by atoms with Crippen molar-refractivity contribution in [1.82, 2.24) is 0 Å². The lowest BCUT2D eigenvalue weighted by Gasteiger charge is -2.23. The summed E-state index contributed by atoms with van der Waals surface area (Å²) in [5.41, 5.74) is 38.6. The lowest BCUT2D eigenvalue weighted by Crippen LogP contribution is -2.11.